The molecule has 1 aromatic rings. The summed E-state index contributed by atoms with van der Waals surface area (Å²) in [6, 6.07) is 4.14. The van der Waals surface area contributed by atoms with Crippen LogP contribution in [0, 0.1) is 16.0 Å². The van der Waals surface area contributed by atoms with Crippen molar-refractivity contribution < 1.29 is 15.2 Å². The third kappa shape index (κ3) is 2.75. The third-order valence-electron chi connectivity index (χ3n) is 3.95. The minimum Gasteiger partial charge on any atom is -0.409 e. The first-order chi connectivity index (χ1) is 9.99. The molecule has 2 atom stereocenters. The second-order valence-corrected chi connectivity index (χ2v) is 5.15. The molecule has 2 unspecified atom stereocenters. The van der Waals surface area contributed by atoms with Crippen molar-refractivity contribution in [3.05, 3.63) is 33.9 Å². The van der Waals surface area contributed by atoms with Crippen LogP contribution in [-0.2, 0) is 0 Å². The van der Waals surface area contributed by atoms with Gasteiger partial charge in [0.2, 0.25) is 0 Å². The van der Waals surface area contributed by atoms with Gasteiger partial charge in [0, 0.05) is 24.4 Å². The van der Waals surface area contributed by atoms with Crippen LogP contribution in [-0.4, -0.2) is 40.3 Å². The Bertz CT molecular complexity index is 575. The summed E-state index contributed by atoms with van der Waals surface area (Å²) in [5, 5.41) is 32.2. The number of non-ortho nitro benzene ring substituents is 1. The van der Waals surface area contributed by atoms with Crippen molar-refractivity contribution in [1.29, 1.82) is 0 Å². The predicted molar refractivity (Wildman–Crippen MR) is 77.6 cm³/mol. The number of aliphatic hydroxyl groups excluding tert-OH is 1. The van der Waals surface area contributed by atoms with Crippen molar-refractivity contribution in [2.75, 3.05) is 18.1 Å². The van der Waals surface area contributed by atoms with Gasteiger partial charge in [0.25, 0.3) is 5.69 Å². The molecule has 2 rings (SSSR count). The highest BCUT2D eigenvalue weighted by atomic mass is 16.6. The van der Waals surface area contributed by atoms with Gasteiger partial charge in [0.15, 0.2) is 5.84 Å². The Morgan fingerprint density at radius 3 is 2.90 bits per heavy atom. The monoisotopic (exact) mass is 294 g/mol. The molecule has 1 aliphatic rings. The van der Waals surface area contributed by atoms with E-state index in [-0.39, 0.29) is 24.2 Å². The highest BCUT2D eigenvalue weighted by Gasteiger charge is 2.32. The number of hydrogen-bond acceptors (Lipinski definition) is 6. The molecule has 0 amide bonds. The standard InChI is InChI=1S/C13H18N4O4/c1-8-4-5-16(12(8)7-18)11-3-2-9(17(20)21)6-10(11)13(14)15-19/h2-3,6,8,12,18-19H,4-5,7H2,1H3,(H2,14,15). The quantitative estimate of drug-likeness (QED) is 0.249. The summed E-state index contributed by atoms with van der Waals surface area (Å²) < 4.78 is 0. The number of hydrogen-bond donors (Lipinski definition) is 3. The van der Waals surface area contributed by atoms with E-state index >= 15 is 0 Å². The van der Waals surface area contributed by atoms with E-state index in [1.807, 2.05) is 11.8 Å². The summed E-state index contributed by atoms with van der Waals surface area (Å²) in [5.41, 5.74) is 6.43. The van der Waals surface area contributed by atoms with Gasteiger partial charge < -0.3 is 20.9 Å². The molecule has 114 valence electrons. The predicted octanol–water partition coefficient (Wildman–Crippen LogP) is 0.896. The van der Waals surface area contributed by atoms with Crippen molar-refractivity contribution in [2.24, 2.45) is 16.8 Å². The summed E-state index contributed by atoms with van der Waals surface area (Å²) in [6.07, 6.45) is 0.901. The first kappa shape index (κ1) is 15.0. The second-order valence-electron chi connectivity index (χ2n) is 5.15. The lowest BCUT2D eigenvalue weighted by molar-refractivity contribution is -0.384. The number of benzene rings is 1. The minimum atomic E-state index is -0.534. The van der Waals surface area contributed by atoms with Crippen LogP contribution >= 0.6 is 0 Å². The molecule has 1 heterocycles. The molecule has 4 N–H and O–H groups in total. The molecular formula is C13H18N4O4. The summed E-state index contributed by atoms with van der Waals surface area (Å²) in [7, 11) is 0. The third-order valence-corrected chi connectivity index (χ3v) is 3.95. The Balaban J connectivity index is 2.50. The molecule has 0 aliphatic carbocycles. The van der Waals surface area contributed by atoms with Crippen molar-refractivity contribution >= 4 is 17.2 Å². The number of nitro benzene ring substituents is 1. The number of nitrogens with two attached hydrogens (primary N) is 1. The average Bonchev–Trinajstić information content (AvgIpc) is 2.86. The van der Waals surface area contributed by atoms with Gasteiger partial charge in [-0.15, -0.1) is 0 Å². The van der Waals surface area contributed by atoms with Crippen LogP contribution in [0.4, 0.5) is 11.4 Å². The van der Waals surface area contributed by atoms with E-state index in [1.54, 1.807) is 6.07 Å². The van der Waals surface area contributed by atoms with Crippen LogP contribution in [0.5, 0.6) is 0 Å². The fourth-order valence-electron chi connectivity index (χ4n) is 2.73. The molecule has 0 saturated carbocycles. The Hall–Kier alpha value is -2.35. The van der Waals surface area contributed by atoms with Crippen molar-refractivity contribution in [3.63, 3.8) is 0 Å². The van der Waals surface area contributed by atoms with Gasteiger partial charge in [-0.2, -0.15) is 0 Å². The zero-order valence-corrected chi connectivity index (χ0v) is 11.6. The Morgan fingerprint density at radius 1 is 1.62 bits per heavy atom. The van der Waals surface area contributed by atoms with E-state index in [9.17, 15) is 15.2 Å². The summed E-state index contributed by atoms with van der Waals surface area (Å²) in [4.78, 5) is 12.3. The lowest BCUT2D eigenvalue weighted by atomic mass is 10.0. The number of amidine groups is 1. The molecule has 1 saturated heterocycles. The number of oxime groups is 1. The topological polar surface area (TPSA) is 125 Å². The summed E-state index contributed by atoms with van der Waals surface area (Å²) in [5.74, 6) is 0.107. The van der Waals surface area contributed by atoms with Gasteiger partial charge in [0.1, 0.15) is 0 Å². The highest BCUT2D eigenvalue weighted by Crippen LogP contribution is 2.33. The normalized spacial score (nSPS) is 22.6. The number of aliphatic hydroxyl groups is 1. The maximum atomic E-state index is 10.9. The number of anilines is 1. The molecule has 8 nitrogen and oxygen atoms in total. The molecule has 0 radical (unpaired) electrons. The zero-order chi connectivity index (χ0) is 15.6. The van der Waals surface area contributed by atoms with Gasteiger partial charge in [-0.05, 0) is 18.4 Å². The maximum Gasteiger partial charge on any atom is 0.270 e. The molecular weight excluding hydrogens is 276 g/mol. The number of rotatable bonds is 4. The highest BCUT2D eigenvalue weighted by molar-refractivity contribution is 6.03. The maximum absolute atomic E-state index is 10.9. The van der Waals surface area contributed by atoms with Gasteiger partial charge in [-0.1, -0.05) is 12.1 Å². The van der Waals surface area contributed by atoms with E-state index in [2.05, 4.69) is 5.16 Å². The molecule has 0 bridgehead atoms. The van der Waals surface area contributed by atoms with Gasteiger partial charge >= 0.3 is 0 Å². The molecule has 0 spiro atoms. The lowest BCUT2D eigenvalue weighted by Crippen LogP contribution is -2.36. The molecule has 0 aromatic heterocycles. The smallest absolute Gasteiger partial charge is 0.270 e. The molecule has 1 aliphatic heterocycles. The van der Waals surface area contributed by atoms with E-state index < -0.39 is 4.92 Å². The fourth-order valence-corrected chi connectivity index (χ4v) is 2.73. The minimum absolute atomic E-state index is 0.0201. The number of nitrogens with zero attached hydrogens (tertiary/aromatic N) is 3. The summed E-state index contributed by atoms with van der Waals surface area (Å²) in [6.45, 7) is 2.72. The number of nitro groups is 1. The fraction of sp³-hybridized carbons (Fsp3) is 0.462. The first-order valence-electron chi connectivity index (χ1n) is 6.63. The van der Waals surface area contributed by atoms with Crippen molar-refractivity contribution in [3.8, 4) is 0 Å². The summed E-state index contributed by atoms with van der Waals surface area (Å²) >= 11 is 0. The molecule has 1 fully saturated rings. The SMILES string of the molecule is CC1CCN(c2ccc([N+](=O)[O-])cc2/C(N)=N/O)C1CO. The molecule has 8 heteroatoms. The van der Waals surface area contributed by atoms with Crippen LogP contribution in [0.3, 0.4) is 0 Å². The Kier molecular flexibility index (Phi) is 4.27. The van der Waals surface area contributed by atoms with E-state index in [1.165, 1.54) is 12.1 Å². The van der Waals surface area contributed by atoms with Crippen LogP contribution in [0.1, 0.15) is 18.9 Å². The van der Waals surface area contributed by atoms with Crippen LogP contribution in [0.2, 0.25) is 0 Å². The first-order valence-corrected chi connectivity index (χ1v) is 6.63. The van der Waals surface area contributed by atoms with Gasteiger partial charge in [0.05, 0.1) is 23.1 Å². The van der Waals surface area contributed by atoms with Crippen LogP contribution < -0.4 is 10.6 Å². The second kappa shape index (κ2) is 5.96. The van der Waals surface area contributed by atoms with E-state index in [0.717, 1.165) is 6.42 Å². The molecule has 21 heavy (non-hydrogen) atoms. The lowest BCUT2D eigenvalue weighted by Gasteiger charge is -2.28. The van der Waals surface area contributed by atoms with E-state index in [0.29, 0.717) is 23.7 Å². The van der Waals surface area contributed by atoms with Crippen LogP contribution in [0.15, 0.2) is 23.4 Å². The Morgan fingerprint density at radius 2 is 2.33 bits per heavy atom. The van der Waals surface area contributed by atoms with Gasteiger partial charge in [-0.3, -0.25) is 10.1 Å². The van der Waals surface area contributed by atoms with Crippen molar-refractivity contribution in [2.45, 2.75) is 19.4 Å². The Labute approximate surface area is 121 Å². The van der Waals surface area contributed by atoms with Gasteiger partial charge in [-0.25, -0.2) is 0 Å². The zero-order valence-electron chi connectivity index (χ0n) is 11.6. The van der Waals surface area contributed by atoms with E-state index in [4.69, 9.17) is 10.9 Å². The largest absolute Gasteiger partial charge is 0.409 e. The van der Waals surface area contributed by atoms with Crippen molar-refractivity contribution in [1.82, 2.24) is 0 Å². The molecule has 1 aromatic carbocycles. The average molecular weight is 294 g/mol. The van der Waals surface area contributed by atoms with Crippen LogP contribution in [0.25, 0.3) is 0 Å².